The number of nitrogens with two attached hydrogens (primary N) is 1. The number of hydrogen-bond acceptors (Lipinski definition) is 3. The molecule has 4 nitrogen and oxygen atoms in total. The molecule has 0 aliphatic heterocycles. The molecule has 0 aliphatic rings. The SMILES string of the molecule is Cc1cc(Br)cc(C)c1NC(=O)c1ccc(C#N)c(N)c1. The largest absolute Gasteiger partial charge is 0.398 e. The van der Waals surface area contributed by atoms with Crippen LogP contribution in [0.25, 0.3) is 0 Å². The number of rotatable bonds is 2. The quantitative estimate of drug-likeness (QED) is 0.814. The molecule has 0 bridgehead atoms. The summed E-state index contributed by atoms with van der Waals surface area (Å²) in [5.74, 6) is -0.250. The number of anilines is 2. The van der Waals surface area contributed by atoms with Crippen LogP contribution in [0.3, 0.4) is 0 Å². The summed E-state index contributed by atoms with van der Waals surface area (Å²) in [7, 11) is 0. The van der Waals surface area contributed by atoms with Crippen LogP contribution >= 0.6 is 15.9 Å². The number of aryl methyl sites for hydroxylation is 2. The summed E-state index contributed by atoms with van der Waals surface area (Å²) in [4.78, 5) is 12.3. The van der Waals surface area contributed by atoms with Crippen molar-refractivity contribution in [1.29, 1.82) is 5.26 Å². The number of benzene rings is 2. The highest BCUT2D eigenvalue weighted by Crippen LogP contribution is 2.26. The summed E-state index contributed by atoms with van der Waals surface area (Å²) >= 11 is 3.42. The van der Waals surface area contributed by atoms with Gasteiger partial charge in [0.1, 0.15) is 6.07 Å². The first-order valence-electron chi connectivity index (χ1n) is 6.30. The molecule has 1 amide bonds. The molecule has 3 N–H and O–H groups in total. The minimum atomic E-state index is -0.250. The lowest BCUT2D eigenvalue weighted by Gasteiger charge is -2.12. The van der Waals surface area contributed by atoms with Crippen LogP contribution in [0.2, 0.25) is 0 Å². The zero-order valence-electron chi connectivity index (χ0n) is 11.7. The predicted octanol–water partition coefficient (Wildman–Crippen LogP) is 3.77. The first kappa shape index (κ1) is 15.1. The Morgan fingerprint density at radius 1 is 1.24 bits per heavy atom. The molecule has 2 aromatic rings. The van der Waals surface area contributed by atoms with E-state index in [1.54, 1.807) is 12.1 Å². The minimum Gasteiger partial charge on any atom is -0.398 e. The molecule has 0 radical (unpaired) electrons. The summed E-state index contributed by atoms with van der Waals surface area (Å²) in [6, 6.07) is 10.5. The Labute approximate surface area is 131 Å². The van der Waals surface area contributed by atoms with Gasteiger partial charge in [-0.15, -0.1) is 0 Å². The Morgan fingerprint density at radius 3 is 2.38 bits per heavy atom. The Morgan fingerprint density at radius 2 is 1.86 bits per heavy atom. The molecule has 0 aliphatic carbocycles. The number of nitrogen functional groups attached to an aromatic ring is 1. The second kappa shape index (κ2) is 5.98. The van der Waals surface area contributed by atoms with Gasteiger partial charge in [-0.25, -0.2) is 0 Å². The van der Waals surface area contributed by atoms with Crippen LogP contribution in [0.1, 0.15) is 27.0 Å². The van der Waals surface area contributed by atoms with Gasteiger partial charge in [0.2, 0.25) is 0 Å². The zero-order chi connectivity index (χ0) is 15.6. The third-order valence-corrected chi connectivity index (χ3v) is 3.63. The van der Waals surface area contributed by atoms with Crippen molar-refractivity contribution in [2.45, 2.75) is 13.8 Å². The Balaban J connectivity index is 2.31. The van der Waals surface area contributed by atoms with Crippen molar-refractivity contribution in [2.24, 2.45) is 0 Å². The molecule has 0 heterocycles. The average molecular weight is 344 g/mol. The molecule has 106 valence electrons. The van der Waals surface area contributed by atoms with Gasteiger partial charge < -0.3 is 11.1 Å². The van der Waals surface area contributed by atoms with Crippen molar-refractivity contribution in [3.8, 4) is 6.07 Å². The standard InChI is InChI=1S/C16H14BrN3O/c1-9-5-13(17)6-10(2)15(9)20-16(21)11-3-4-12(8-18)14(19)7-11/h3-7H,19H2,1-2H3,(H,20,21). The van der Waals surface area contributed by atoms with E-state index in [2.05, 4.69) is 21.2 Å². The Hall–Kier alpha value is -2.32. The lowest BCUT2D eigenvalue weighted by Crippen LogP contribution is -2.14. The van der Waals surface area contributed by atoms with Gasteiger partial charge in [0, 0.05) is 15.7 Å². The fourth-order valence-corrected chi connectivity index (χ4v) is 2.79. The maximum atomic E-state index is 12.3. The van der Waals surface area contributed by atoms with Gasteiger partial charge in [-0.2, -0.15) is 5.26 Å². The monoisotopic (exact) mass is 343 g/mol. The second-order valence-corrected chi connectivity index (χ2v) is 5.70. The molecule has 0 aromatic heterocycles. The number of hydrogen-bond donors (Lipinski definition) is 2. The van der Waals surface area contributed by atoms with Crippen molar-refractivity contribution in [3.63, 3.8) is 0 Å². The summed E-state index contributed by atoms with van der Waals surface area (Å²) in [5, 5.41) is 11.7. The van der Waals surface area contributed by atoms with Gasteiger partial charge in [0.05, 0.1) is 11.3 Å². The molecular formula is C16H14BrN3O. The van der Waals surface area contributed by atoms with Crippen LogP contribution in [0.4, 0.5) is 11.4 Å². The van der Waals surface area contributed by atoms with E-state index in [4.69, 9.17) is 11.0 Å². The number of nitrogens with zero attached hydrogens (tertiary/aromatic N) is 1. The van der Waals surface area contributed by atoms with Crippen molar-refractivity contribution in [1.82, 2.24) is 0 Å². The molecule has 5 heteroatoms. The molecular weight excluding hydrogens is 330 g/mol. The molecule has 0 spiro atoms. The van der Waals surface area contributed by atoms with Gasteiger partial charge in [-0.05, 0) is 55.3 Å². The summed E-state index contributed by atoms with van der Waals surface area (Å²) in [6.07, 6.45) is 0. The first-order valence-corrected chi connectivity index (χ1v) is 7.09. The van der Waals surface area contributed by atoms with E-state index in [1.165, 1.54) is 6.07 Å². The highest BCUT2D eigenvalue weighted by Gasteiger charge is 2.12. The van der Waals surface area contributed by atoms with E-state index < -0.39 is 0 Å². The lowest BCUT2D eigenvalue weighted by atomic mass is 10.1. The number of halogens is 1. The average Bonchev–Trinajstić information content (AvgIpc) is 2.42. The van der Waals surface area contributed by atoms with Crippen LogP contribution < -0.4 is 11.1 Å². The Bertz CT molecular complexity index is 740. The number of nitrogens with one attached hydrogen (secondary N) is 1. The summed E-state index contributed by atoms with van der Waals surface area (Å²) in [6.45, 7) is 3.86. The van der Waals surface area contributed by atoms with Crippen molar-refractivity contribution >= 4 is 33.2 Å². The lowest BCUT2D eigenvalue weighted by molar-refractivity contribution is 0.102. The topological polar surface area (TPSA) is 78.9 Å². The smallest absolute Gasteiger partial charge is 0.255 e. The highest BCUT2D eigenvalue weighted by molar-refractivity contribution is 9.10. The zero-order valence-corrected chi connectivity index (χ0v) is 13.3. The molecule has 0 saturated carbocycles. The van der Waals surface area contributed by atoms with Gasteiger partial charge in [-0.1, -0.05) is 15.9 Å². The molecule has 0 saturated heterocycles. The number of carbonyl (C=O) groups excluding carboxylic acids is 1. The predicted molar refractivity (Wildman–Crippen MR) is 87.1 cm³/mol. The maximum absolute atomic E-state index is 12.3. The Kier molecular flexibility index (Phi) is 4.29. The van der Waals surface area contributed by atoms with Gasteiger partial charge in [0.15, 0.2) is 0 Å². The molecule has 2 rings (SSSR count). The van der Waals surface area contributed by atoms with E-state index in [9.17, 15) is 4.79 Å². The van der Waals surface area contributed by atoms with E-state index in [0.29, 0.717) is 16.8 Å². The summed E-state index contributed by atoms with van der Waals surface area (Å²) < 4.78 is 0.970. The van der Waals surface area contributed by atoms with E-state index in [0.717, 1.165) is 21.3 Å². The highest BCUT2D eigenvalue weighted by atomic mass is 79.9. The number of amides is 1. The fraction of sp³-hybridized carbons (Fsp3) is 0.125. The van der Waals surface area contributed by atoms with Crippen molar-refractivity contribution in [3.05, 3.63) is 57.1 Å². The van der Waals surface area contributed by atoms with Crippen LogP contribution in [0.5, 0.6) is 0 Å². The van der Waals surface area contributed by atoms with E-state index >= 15 is 0 Å². The van der Waals surface area contributed by atoms with E-state index in [-0.39, 0.29) is 5.91 Å². The van der Waals surface area contributed by atoms with Crippen LogP contribution in [0, 0.1) is 25.2 Å². The maximum Gasteiger partial charge on any atom is 0.255 e. The minimum absolute atomic E-state index is 0.250. The fourth-order valence-electron chi connectivity index (χ4n) is 2.10. The van der Waals surface area contributed by atoms with Gasteiger partial charge >= 0.3 is 0 Å². The van der Waals surface area contributed by atoms with E-state index in [1.807, 2.05) is 32.0 Å². The number of nitriles is 1. The molecule has 0 atom stereocenters. The third kappa shape index (κ3) is 3.23. The summed E-state index contributed by atoms with van der Waals surface area (Å²) in [5.41, 5.74) is 9.54. The van der Waals surface area contributed by atoms with Crippen molar-refractivity contribution < 1.29 is 4.79 Å². The third-order valence-electron chi connectivity index (χ3n) is 3.17. The molecule has 0 unspecified atom stereocenters. The van der Waals surface area contributed by atoms with Gasteiger partial charge in [-0.3, -0.25) is 4.79 Å². The number of carbonyl (C=O) groups is 1. The van der Waals surface area contributed by atoms with Crippen molar-refractivity contribution in [2.75, 3.05) is 11.1 Å². The van der Waals surface area contributed by atoms with Crippen LogP contribution in [-0.2, 0) is 0 Å². The molecule has 0 fully saturated rings. The molecule has 2 aromatic carbocycles. The second-order valence-electron chi connectivity index (χ2n) is 4.78. The normalized spacial score (nSPS) is 10.0. The van der Waals surface area contributed by atoms with Crippen LogP contribution in [0.15, 0.2) is 34.8 Å². The first-order chi connectivity index (χ1) is 9.92. The van der Waals surface area contributed by atoms with Gasteiger partial charge in [0.25, 0.3) is 5.91 Å². The molecule has 21 heavy (non-hydrogen) atoms. The van der Waals surface area contributed by atoms with Crippen LogP contribution in [-0.4, -0.2) is 5.91 Å².